The van der Waals surface area contributed by atoms with Crippen molar-refractivity contribution in [3.8, 4) is 0 Å². The highest BCUT2D eigenvalue weighted by Crippen LogP contribution is 2.35. The fourth-order valence-corrected chi connectivity index (χ4v) is 3.73. The molecule has 0 radical (unpaired) electrons. The second-order valence-corrected chi connectivity index (χ2v) is 7.26. The Morgan fingerprint density at radius 3 is 2.46 bits per heavy atom. The number of aliphatic hydroxyl groups excluding tert-OH is 1. The Labute approximate surface area is 166 Å². The van der Waals surface area contributed by atoms with Crippen molar-refractivity contribution < 1.29 is 19.4 Å². The first-order valence-corrected chi connectivity index (χ1v) is 9.86. The van der Waals surface area contributed by atoms with Gasteiger partial charge in [0.25, 0.3) is 0 Å². The number of hydrogen-bond donors (Lipinski definition) is 2. The number of ether oxygens (including phenoxy) is 2. The van der Waals surface area contributed by atoms with Crippen LogP contribution in [0.3, 0.4) is 0 Å². The van der Waals surface area contributed by atoms with Gasteiger partial charge in [-0.15, -0.1) is 0 Å². The summed E-state index contributed by atoms with van der Waals surface area (Å²) in [5, 5.41) is 12.3. The maximum Gasteiger partial charge on any atom is 0.230 e. The van der Waals surface area contributed by atoms with Crippen molar-refractivity contribution in [2.75, 3.05) is 33.0 Å². The van der Waals surface area contributed by atoms with E-state index in [4.69, 9.17) is 14.6 Å². The van der Waals surface area contributed by atoms with Crippen LogP contribution >= 0.6 is 0 Å². The number of carbonyl (C=O) groups excluding carboxylic acids is 1. The van der Waals surface area contributed by atoms with Crippen LogP contribution in [0, 0.1) is 6.92 Å². The summed E-state index contributed by atoms with van der Waals surface area (Å²) in [5.74, 6) is 0.00621. The third-order valence-corrected chi connectivity index (χ3v) is 5.41. The summed E-state index contributed by atoms with van der Waals surface area (Å²) >= 11 is 0. The maximum absolute atomic E-state index is 13.3. The van der Waals surface area contributed by atoms with Crippen LogP contribution in [0.1, 0.15) is 35.6 Å². The molecule has 150 valence electrons. The molecule has 2 aromatic carbocycles. The minimum atomic E-state index is -0.575. The molecular formula is C23H29NO4. The van der Waals surface area contributed by atoms with E-state index in [1.165, 1.54) is 5.56 Å². The summed E-state index contributed by atoms with van der Waals surface area (Å²) in [6.07, 6.45) is 1.02. The molecule has 0 aromatic heterocycles. The first-order valence-electron chi connectivity index (χ1n) is 9.86. The Hall–Kier alpha value is -2.21. The van der Waals surface area contributed by atoms with E-state index in [1.807, 2.05) is 61.5 Å². The SMILES string of the molecule is Cc1ccc(C(CNC(=O)C2(c3ccccc3)CCOCC2)OCCO)cc1. The lowest BCUT2D eigenvalue weighted by Gasteiger charge is -2.36. The molecule has 1 heterocycles. The van der Waals surface area contributed by atoms with Crippen LogP contribution in [0.5, 0.6) is 0 Å². The Morgan fingerprint density at radius 1 is 1.14 bits per heavy atom. The van der Waals surface area contributed by atoms with E-state index in [2.05, 4.69) is 5.32 Å². The van der Waals surface area contributed by atoms with Gasteiger partial charge in [0.05, 0.1) is 24.7 Å². The second kappa shape index (κ2) is 9.82. The number of benzene rings is 2. The van der Waals surface area contributed by atoms with Crippen LogP contribution in [0.2, 0.25) is 0 Å². The van der Waals surface area contributed by atoms with Gasteiger partial charge >= 0.3 is 0 Å². The van der Waals surface area contributed by atoms with Crippen molar-refractivity contribution in [2.45, 2.75) is 31.3 Å². The van der Waals surface area contributed by atoms with Gasteiger partial charge < -0.3 is 19.9 Å². The minimum absolute atomic E-state index is 0.00621. The van der Waals surface area contributed by atoms with Crippen LogP contribution in [0.4, 0.5) is 0 Å². The van der Waals surface area contributed by atoms with Gasteiger partial charge in [-0.05, 0) is 30.9 Å². The number of amides is 1. The van der Waals surface area contributed by atoms with E-state index in [1.54, 1.807) is 0 Å². The Balaban J connectivity index is 1.75. The van der Waals surface area contributed by atoms with Gasteiger partial charge in [-0.25, -0.2) is 0 Å². The van der Waals surface area contributed by atoms with Crippen LogP contribution in [0.15, 0.2) is 54.6 Å². The highest BCUT2D eigenvalue weighted by Gasteiger charge is 2.41. The molecule has 0 saturated carbocycles. The van der Waals surface area contributed by atoms with Crippen LogP contribution in [-0.2, 0) is 19.7 Å². The Kier molecular flexibility index (Phi) is 7.20. The molecule has 1 fully saturated rings. The average molecular weight is 383 g/mol. The molecule has 1 atom stereocenters. The molecule has 1 amide bonds. The Bertz CT molecular complexity index is 739. The molecule has 0 spiro atoms. The molecule has 5 heteroatoms. The normalized spacial score (nSPS) is 17.1. The first-order chi connectivity index (χ1) is 13.7. The smallest absolute Gasteiger partial charge is 0.230 e. The predicted octanol–water partition coefficient (Wildman–Crippen LogP) is 2.91. The molecule has 0 bridgehead atoms. The van der Waals surface area contributed by atoms with Gasteiger partial charge in [-0.2, -0.15) is 0 Å². The van der Waals surface area contributed by atoms with E-state index in [-0.39, 0.29) is 25.2 Å². The quantitative estimate of drug-likeness (QED) is 0.736. The highest BCUT2D eigenvalue weighted by atomic mass is 16.5. The topological polar surface area (TPSA) is 67.8 Å². The standard InChI is InChI=1S/C23H29NO4/c1-18-7-9-19(10-8-18)21(28-16-13-25)17-24-22(26)23(11-14-27-15-12-23)20-5-3-2-4-6-20/h2-10,21,25H,11-17H2,1H3,(H,24,26). The molecule has 1 unspecified atom stereocenters. The third kappa shape index (κ3) is 4.79. The molecule has 1 saturated heterocycles. The molecule has 1 aliphatic heterocycles. The molecule has 2 N–H and O–H groups in total. The fourth-order valence-electron chi connectivity index (χ4n) is 3.73. The van der Waals surface area contributed by atoms with Crippen LogP contribution in [0.25, 0.3) is 0 Å². The van der Waals surface area contributed by atoms with Gasteiger partial charge in [-0.3, -0.25) is 4.79 Å². The number of aryl methyl sites for hydroxylation is 1. The molecule has 5 nitrogen and oxygen atoms in total. The lowest BCUT2D eigenvalue weighted by molar-refractivity contribution is -0.131. The van der Waals surface area contributed by atoms with Gasteiger partial charge in [0, 0.05) is 19.8 Å². The van der Waals surface area contributed by atoms with Crippen molar-refractivity contribution in [3.63, 3.8) is 0 Å². The zero-order chi connectivity index (χ0) is 19.8. The van der Waals surface area contributed by atoms with E-state index in [0.29, 0.717) is 32.6 Å². The molecule has 3 rings (SSSR count). The average Bonchev–Trinajstić information content (AvgIpc) is 2.75. The molecule has 28 heavy (non-hydrogen) atoms. The summed E-state index contributed by atoms with van der Waals surface area (Å²) in [6.45, 7) is 3.71. The number of rotatable bonds is 8. The number of carbonyl (C=O) groups is 1. The zero-order valence-corrected chi connectivity index (χ0v) is 16.4. The van der Waals surface area contributed by atoms with Gasteiger partial charge in [0.2, 0.25) is 5.91 Å². The predicted molar refractivity (Wildman–Crippen MR) is 108 cm³/mol. The zero-order valence-electron chi connectivity index (χ0n) is 16.4. The molecule has 1 aliphatic rings. The van der Waals surface area contributed by atoms with Crippen LogP contribution in [-0.4, -0.2) is 44.0 Å². The van der Waals surface area contributed by atoms with Crippen molar-refractivity contribution in [1.82, 2.24) is 5.32 Å². The van der Waals surface area contributed by atoms with Crippen molar-refractivity contribution in [2.24, 2.45) is 0 Å². The lowest BCUT2D eigenvalue weighted by Crippen LogP contribution is -2.49. The number of hydrogen-bond acceptors (Lipinski definition) is 4. The van der Waals surface area contributed by atoms with E-state index >= 15 is 0 Å². The van der Waals surface area contributed by atoms with E-state index in [0.717, 1.165) is 11.1 Å². The van der Waals surface area contributed by atoms with E-state index < -0.39 is 5.41 Å². The fraction of sp³-hybridized carbons (Fsp3) is 0.435. The summed E-state index contributed by atoms with van der Waals surface area (Å²) in [4.78, 5) is 13.3. The third-order valence-electron chi connectivity index (χ3n) is 5.41. The number of nitrogens with one attached hydrogen (secondary N) is 1. The number of aliphatic hydroxyl groups is 1. The minimum Gasteiger partial charge on any atom is -0.394 e. The maximum atomic E-state index is 13.3. The molecule has 0 aliphatic carbocycles. The van der Waals surface area contributed by atoms with Gasteiger partial charge in [0.15, 0.2) is 0 Å². The van der Waals surface area contributed by atoms with Crippen molar-refractivity contribution >= 4 is 5.91 Å². The Morgan fingerprint density at radius 2 is 1.82 bits per heavy atom. The largest absolute Gasteiger partial charge is 0.394 e. The highest BCUT2D eigenvalue weighted by molar-refractivity contribution is 5.88. The van der Waals surface area contributed by atoms with Gasteiger partial charge in [-0.1, -0.05) is 60.2 Å². The summed E-state index contributed by atoms with van der Waals surface area (Å²) in [7, 11) is 0. The summed E-state index contributed by atoms with van der Waals surface area (Å²) < 4.78 is 11.3. The monoisotopic (exact) mass is 383 g/mol. The molecule has 2 aromatic rings. The molecular weight excluding hydrogens is 354 g/mol. The lowest BCUT2D eigenvalue weighted by atomic mass is 9.73. The van der Waals surface area contributed by atoms with E-state index in [9.17, 15) is 4.79 Å². The second-order valence-electron chi connectivity index (χ2n) is 7.26. The first kappa shape index (κ1) is 20.5. The van der Waals surface area contributed by atoms with Gasteiger partial charge in [0.1, 0.15) is 0 Å². The summed E-state index contributed by atoms with van der Waals surface area (Å²) in [5.41, 5.74) is 2.60. The van der Waals surface area contributed by atoms with Crippen LogP contribution < -0.4 is 5.32 Å². The van der Waals surface area contributed by atoms with Crippen molar-refractivity contribution in [1.29, 1.82) is 0 Å². The summed E-state index contributed by atoms with van der Waals surface area (Å²) in [6, 6.07) is 18.0. The van der Waals surface area contributed by atoms with Crippen molar-refractivity contribution in [3.05, 3.63) is 71.3 Å².